The number of rotatable bonds is 2. The summed E-state index contributed by atoms with van der Waals surface area (Å²) in [6, 6.07) is 2.04. The van der Waals surface area contributed by atoms with Crippen LogP contribution in [0.1, 0.15) is 47.2 Å². The molecule has 0 spiro atoms. The zero-order valence-electron chi connectivity index (χ0n) is 12.9. The largest absolute Gasteiger partial charge is 0.341 e. The Bertz CT molecular complexity index is 838. The minimum absolute atomic E-state index is 0.0139. The Morgan fingerprint density at radius 1 is 1.39 bits per heavy atom. The first kappa shape index (κ1) is 13.9. The third-order valence-electron chi connectivity index (χ3n) is 4.42. The van der Waals surface area contributed by atoms with Crippen LogP contribution in [0.2, 0.25) is 0 Å². The van der Waals surface area contributed by atoms with Crippen LogP contribution in [0, 0.1) is 6.92 Å². The van der Waals surface area contributed by atoms with E-state index < -0.39 is 0 Å². The third-order valence-corrected chi connectivity index (χ3v) is 4.42. The average molecular weight is 310 g/mol. The predicted molar refractivity (Wildman–Crippen MR) is 83.9 cm³/mol. The number of piperidine rings is 1. The van der Waals surface area contributed by atoms with E-state index >= 15 is 0 Å². The Labute approximate surface area is 133 Å². The Balaban J connectivity index is 1.73. The van der Waals surface area contributed by atoms with E-state index in [0.29, 0.717) is 11.5 Å². The maximum absolute atomic E-state index is 12.7. The van der Waals surface area contributed by atoms with Crippen molar-refractivity contribution in [2.24, 2.45) is 0 Å². The van der Waals surface area contributed by atoms with Crippen molar-refractivity contribution in [3.8, 4) is 0 Å². The van der Waals surface area contributed by atoms with Crippen molar-refractivity contribution in [1.29, 1.82) is 0 Å². The van der Waals surface area contributed by atoms with Gasteiger partial charge in [0.15, 0.2) is 0 Å². The fourth-order valence-corrected chi connectivity index (χ4v) is 3.27. The molecule has 0 unspecified atom stereocenters. The topological polar surface area (TPSA) is 79.2 Å². The molecule has 0 bridgehead atoms. The van der Waals surface area contributed by atoms with Crippen LogP contribution < -0.4 is 0 Å². The lowest BCUT2D eigenvalue weighted by Gasteiger charge is -2.35. The highest BCUT2D eigenvalue weighted by Gasteiger charge is 2.30. The lowest BCUT2D eigenvalue weighted by atomic mass is 9.98. The molecule has 1 saturated heterocycles. The van der Waals surface area contributed by atoms with Gasteiger partial charge in [0, 0.05) is 24.6 Å². The van der Waals surface area contributed by atoms with E-state index in [1.54, 1.807) is 12.4 Å². The number of likely N-dealkylation sites (tertiary alicyclic amines) is 1. The van der Waals surface area contributed by atoms with Gasteiger partial charge in [-0.3, -0.25) is 9.20 Å². The second-order valence-corrected chi connectivity index (χ2v) is 5.90. The summed E-state index contributed by atoms with van der Waals surface area (Å²) in [5.41, 5.74) is 2.51. The van der Waals surface area contributed by atoms with Crippen LogP contribution in [0.4, 0.5) is 0 Å². The van der Waals surface area contributed by atoms with Crippen LogP contribution in [0.15, 0.2) is 31.0 Å². The van der Waals surface area contributed by atoms with Crippen LogP contribution in [0.3, 0.4) is 0 Å². The van der Waals surface area contributed by atoms with Gasteiger partial charge in [-0.1, -0.05) is 0 Å². The van der Waals surface area contributed by atoms with E-state index in [9.17, 15) is 4.79 Å². The molecule has 1 aliphatic rings. The molecule has 1 amide bonds. The molecule has 4 heterocycles. The fourth-order valence-electron chi connectivity index (χ4n) is 3.27. The van der Waals surface area contributed by atoms with Gasteiger partial charge < -0.3 is 9.88 Å². The molecule has 1 aliphatic heterocycles. The Kier molecular flexibility index (Phi) is 3.33. The van der Waals surface area contributed by atoms with Gasteiger partial charge in [-0.05, 0) is 32.3 Å². The van der Waals surface area contributed by atoms with Gasteiger partial charge in [0.05, 0.1) is 24.3 Å². The van der Waals surface area contributed by atoms with E-state index in [2.05, 4.69) is 26.0 Å². The maximum atomic E-state index is 12.7. The van der Waals surface area contributed by atoms with Gasteiger partial charge in [-0.15, -0.1) is 0 Å². The van der Waals surface area contributed by atoms with Crippen LogP contribution in [-0.2, 0) is 0 Å². The summed E-state index contributed by atoms with van der Waals surface area (Å²) in [4.78, 5) is 30.5. The molecule has 3 aromatic heterocycles. The van der Waals surface area contributed by atoms with Crippen molar-refractivity contribution in [2.45, 2.75) is 32.2 Å². The molecule has 23 heavy (non-hydrogen) atoms. The molecule has 7 heteroatoms. The number of carbonyl (C=O) groups excluding carboxylic acids is 1. The van der Waals surface area contributed by atoms with E-state index in [4.69, 9.17) is 0 Å². The lowest BCUT2D eigenvalue weighted by molar-refractivity contribution is 0.0600. The highest BCUT2D eigenvalue weighted by molar-refractivity contribution is 5.92. The zero-order valence-corrected chi connectivity index (χ0v) is 12.9. The average Bonchev–Trinajstić information content (AvgIpc) is 3.25. The smallest absolute Gasteiger partial charge is 0.272 e. The summed E-state index contributed by atoms with van der Waals surface area (Å²) in [5, 5.41) is 0. The van der Waals surface area contributed by atoms with E-state index in [-0.39, 0.29) is 11.9 Å². The number of aromatic amines is 1. The lowest BCUT2D eigenvalue weighted by Crippen LogP contribution is -2.39. The van der Waals surface area contributed by atoms with Gasteiger partial charge in [-0.25, -0.2) is 15.0 Å². The second kappa shape index (κ2) is 5.49. The SMILES string of the molecule is Cc1cc([C@H]2CCCCN2C(=O)c2cnc[nH]2)nc2nccn12. The number of nitrogens with one attached hydrogen (secondary N) is 1. The molecule has 118 valence electrons. The van der Waals surface area contributed by atoms with Crippen molar-refractivity contribution in [2.75, 3.05) is 6.54 Å². The minimum Gasteiger partial charge on any atom is -0.341 e. The summed E-state index contributed by atoms with van der Waals surface area (Å²) < 4.78 is 1.95. The van der Waals surface area contributed by atoms with Gasteiger partial charge in [0.25, 0.3) is 5.91 Å². The fraction of sp³-hybridized carbons (Fsp3) is 0.375. The van der Waals surface area contributed by atoms with Gasteiger partial charge in [-0.2, -0.15) is 0 Å². The first-order valence-electron chi connectivity index (χ1n) is 7.84. The normalized spacial score (nSPS) is 18.5. The third kappa shape index (κ3) is 2.38. The summed E-state index contributed by atoms with van der Waals surface area (Å²) in [5.74, 6) is 0.661. The van der Waals surface area contributed by atoms with Crippen molar-refractivity contribution in [1.82, 2.24) is 29.2 Å². The van der Waals surface area contributed by atoms with Gasteiger partial charge >= 0.3 is 0 Å². The van der Waals surface area contributed by atoms with Crippen LogP contribution >= 0.6 is 0 Å². The highest BCUT2D eigenvalue weighted by Crippen LogP contribution is 2.31. The molecule has 1 N–H and O–H groups in total. The summed E-state index contributed by atoms with van der Waals surface area (Å²) >= 11 is 0. The molecule has 4 rings (SSSR count). The molecule has 7 nitrogen and oxygen atoms in total. The quantitative estimate of drug-likeness (QED) is 0.786. The minimum atomic E-state index is -0.0186. The molecule has 3 aromatic rings. The predicted octanol–water partition coefficient (Wildman–Crippen LogP) is 2.13. The second-order valence-electron chi connectivity index (χ2n) is 5.90. The highest BCUT2D eigenvalue weighted by atomic mass is 16.2. The Morgan fingerprint density at radius 3 is 3.13 bits per heavy atom. The standard InChI is InChI=1S/C16H18N6O/c1-11-8-12(20-16-18-5-7-21(11)16)14-4-2-3-6-22(14)15(23)13-9-17-10-19-13/h5,7-10,14H,2-4,6H2,1H3,(H,17,19)/t14-/m1/s1. The number of amides is 1. The first-order chi connectivity index (χ1) is 11.2. The van der Waals surface area contributed by atoms with Gasteiger partial charge in [0.2, 0.25) is 5.78 Å². The van der Waals surface area contributed by atoms with Gasteiger partial charge in [0.1, 0.15) is 5.69 Å². The van der Waals surface area contributed by atoms with E-state index in [1.807, 2.05) is 22.4 Å². The van der Waals surface area contributed by atoms with Crippen molar-refractivity contribution < 1.29 is 4.79 Å². The van der Waals surface area contributed by atoms with Crippen molar-refractivity contribution in [3.63, 3.8) is 0 Å². The summed E-state index contributed by atoms with van der Waals surface area (Å²) in [7, 11) is 0. The van der Waals surface area contributed by atoms with Crippen LogP contribution in [0.25, 0.3) is 5.78 Å². The van der Waals surface area contributed by atoms with Crippen LogP contribution in [0.5, 0.6) is 0 Å². The molecule has 0 saturated carbocycles. The zero-order chi connectivity index (χ0) is 15.8. The molecule has 0 radical (unpaired) electrons. The number of nitrogens with zero attached hydrogens (tertiary/aromatic N) is 5. The van der Waals surface area contributed by atoms with Crippen molar-refractivity contribution in [3.05, 3.63) is 48.1 Å². The van der Waals surface area contributed by atoms with E-state index in [1.165, 1.54) is 6.33 Å². The number of aromatic nitrogens is 5. The Morgan fingerprint density at radius 2 is 2.30 bits per heavy atom. The first-order valence-corrected chi connectivity index (χ1v) is 7.84. The number of aryl methyl sites for hydroxylation is 1. The molecule has 1 fully saturated rings. The number of fused-ring (bicyclic) bond motifs is 1. The van der Waals surface area contributed by atoms with Crippen molar-refractivity contribution >= 4 is 11.7 Å². The number of H-pyrrole nitrogens is 1. The van der Waals surface area contributed by atoms with E-state index in [0.717, 1.165) is 37.2 Å². The molecular weight excluding hydrogens is 292 g/mol. The van der Waals surface area contributed by atoms with Crippen LogP contribution in [-0.4, -0.2) is 41.7 Å². The number of hydrogen-bond donors (Lipinski definition) is 1. The number of imidazole rings is 2. The molecule has 0 aromatic carbocycles. The monoisotopic (exact) mass is 310 g/mol. The maximum Gasteiger partial charge on any atom is 0.272 e. The molecular formula is C16H18N6O. The number of carbonyl (C=O) groups is 1. The number of hydrogen-bond acceptors (Lipinski definition) is 4. The summed E-state index contributed by atoms with van der Waals surface area (Å²) in [6.45, 7) is 2.77. The Hall–Kier alpha value is -2.70. The summed E-state index contributed by atoms with van der Waals surface area (Å²) in [6.07, 6.45) is 9.78. The molecule has 1 atom stereocenters. The molecule has 0 aliphatic carbocycles.